The third-order valence-corrected chi connectivity index (χ3v) is 6.84. The number of methoxy groups -OCH3 is 4. The number of rotatable bonds is 7. The first-order valence-corrected chi connectivity index (χ1v) is 14.5. The fourth-order valence-corrected chi connectivity index (χ4v) is 4.66. The Morgan fingerprint density at radius 3 is 1.98 bits per heavy atom. The molecule has 49 heavy (non-hydrogen) atoms. The van der Waals surface area contributed by atoms with Crippen molar-refractivity contribution in [1.29, 1.82) is 0 Å². The SMILES string of the molecule is CC(=O)[O-].CCC(=O)CC1NCCc2cc(OC)c(OC)cc21.COc1cc2c(cc1OC)CCN=C2.Cl.Cl.O=C1C=C(O)CC(=O)O1.[Na+]. The quantitative estimate of drug-likeness (QED) is 0.228. The molecule has 3 aliphatic rings. The molecule has 0 bridgehead atoms. The number of benzene rings is 2. The van der Waals surface area contributed by atoms with Crippen molar-refractivity contribution in [3.8, 4) is 23.0 Å². The molecule has 266 valence electrons. The minimum Gasteiger partial charge on any atom is -0.550 e. The van der Waals surface area contributed by atoms with E-state index in [4.69, 9.17) is 34.0 Å². The van der Waals surface area contributed by atoms with Crippen LogP contribution in [0.5, 0.6) is 23.0 Å². The van der Waals surface area contributed by atoms with Gasteiger partial charge in [0.1, 0.15) is 18.0 Å². The Labute approximate surface area is 320 Å². The van der Waals surface area contributed by atoms with E-state index in [2.05, 4.69) is 15.0 Å². The Kier molecular flexibility index (Phi) is 24.1. The van der Waals surface area contributed by atoms with E-state index in [0.29, 0.717) is 12.8 Å². The number of carboxylic acid groups (broad SMARTS) is 1. The molecule has 5 rings (SSSR count). The van der Waals surface area contributed by atoms with Crippen LogP contribution < -0.4 is 58.9 Å². The van der Waals surface area contributed by atoms with E-state index in [1.807, 2.05) is 37.4 Å². The molecule has 3 heterocycles. The molecule has 13 nitrogen and oxygen atoms in total. The number of aliphatic hydroxyl groups is 1. The van der Waals surface area contributed by atoms with Crippen LogP contribution >= 0.6 is 24.8 Å². The number of halogens is 2. The normalized spacial score (nSPS) is 14.7. The molecular weight excluding hydrogens is 694 g/mol. The number of hydrogen-bond acceptors (Lipinski definition) is 13. The van der Waals surface area contributed by atoms with E-state index in [1.54, 1.807) is 28.4 Å². The van der Waals surface area contributed by atoms with Crippen molar-refractivity contribution in [1.82, 2.24) is 5.32 Å². The molecule has 2 N–H and O–H groups in total. The third kappa shape index (κ3) is 15.8. The summed E-state index contributed by atoms with van der Waals surface area (Å²) in [6, 6.07) is 8.11. The van der Waals surface area contributed by atoms with Crippen LogP contribution in [0.25, 0.3) is 0 Å². The van der Waals surface area contributed by atoms with Gasteiger partial charge in [0, 0.05) is 37.6 Å². The molecule has 0 spiro atoms. The number of carboxylic acids is 1. The number of nitrogens with zero attached hydrogens (tertiary/aromatic N) is 1. The van der Waals surface area contributed by atoms with Crippen LogP contribution in [0.1, 0.15) is 61.4 Å². The molecule has 0 radical (unpaired) electrons. The number of cyclic esters (lactones) is 2. The summed E-state index contributed by atoms with van der Waals surface area (Å²) < 4.78 is 25.2. The first kappa shape index (κ1) is 47.8. The van der Waals surface area contributed by atoms with Gasteiger partial charge in [-0.1, -0.05) is 6.92 Å². The molecule has 0 saturated heterocycles. The maximum Gasteiger partial charge on any atom is 1.00 e. The van der Waals surface area contributed by atoms with Crippen molar-refractivity contribution in [2.45, 2.75) is 52.0 Å². The number of aliphatic imine (C=N–C) groups is 1. The molecule has 16 heteroatoms. The van der Waals surface area contributed by atoms with Gasteiger partial charge in [-0.3, -0.25) is 14.6 Å². The Balaban J connectivity index is 0. The number of carbonyl (C=O) groups excluding carboxylic acids is 4. The molecule has 1 atom stereocenters. The first-order chi connectivity index (χ1) is 21.9. The third-order valence-electron chi connectivity index (χ3n) is 6.84. The van der Waals surface area contributed by atoms with Gasteiger partial charge in [-0.15, -0.1) is 24.8 Å². The average molecular weight is 738 g/mol. The number of ether oxygens (including phenoxy) is 5. The van der Waals surface area contributed by atoms with Crippen molar-refractivity contribution in [2.75, 3.05) is 41.5 Å². The zero-order chi connectivity index (χ0) is 34.2. The number of esters is 2. The largest absolute Gasteiger partial charge is 1.00 e. The first-order valence-electron chi connectivity index (χ1n) is 14.5. The van der Waals surface area contributed by atoms with Crippen LogP contribution in [0.3, 0.4) is 0 Å². The zero-order valence-electron chi connectivity index (χ0n) is 28.8. The number of hydrogen-bond donors (Lipinski definition) is 2. The summed E-state index contributed by atoms with van der Waals surface area (Å²) in [4.78, 5) is 45.2. The molecule has 1 unspecified atom stereocenters. The van der Waals surface area contributed by atoms with Crippen molar-refractivity contribution in [3.05, 3.63) is 58.4 Å². The summed E-state index contributed by atoms with van der Waals surface area (Å²) in [6.07, 6.45) is 5.62. The zero-order valence-corrected chi connectivity index (χ0v) is 32.4. The molecule has 0 saturated carbocycles. The predicted molar refractivity (Wildman–Crippen MR) is 181 cm³/mol. The van der Waals surface area contributed by atoms with Crippen LogP contribution in [0, 0.1) is 0 Å². The minimum atomic E-state index is -1.08. The standard InChI is InChI=1S/C15H21NO3.C11H13NO2.C5H4O4.C2H4O2.2ClH.Na/c1-4-11(17)8-13-12-9-15(19-3)14(18-2)7-10(12)5-6-16-13;1-13-10-5-8-3-4-12-7-9(8)6-11(10)14-2;6-3-1-4(7)9-5(8)2-3;1-2(3)4;;;/h7,9,13,16H,4-6,8H2,1-3H3;5-7H,3-4H2,1-2H3;1,6H,2H2;1H3,(H,3,4);2*1H;/q;;;;;;+1/p-1. The second-order valence-electron chi connectivity index (χ2n) is 10.0. The van der Waals surface area contributed by atoms with E-state index in [9.17, 15) is 14.4 Å². The maximum absolute atomic E-state index is 11.7. The van der Waals surface area contributed by atoms with Crippen molar-refractivity contribution in [3.63, 3.8) is 0 Å². The van der Waals surface area contributed by atoms with Gasteiger partial charge >= 0.3 is 41.5 Å². The number of nitrogens with one attached hydrogen (secondary N) is 1. The van der Waals surface area contributed by atoms with E-state index >= 15 is 0 Å². The van der Waals surface area contributed by atoms with Crippen molar-refractivity contribution in [2.24, 2.45) is 4.99 Å². The number of ketones is 1. The van der Waals surface area contributed by atoms with Gasteiger partial charge in [-0.25, -0.2) is 4.79 Å². The molecule has 2 aromatic rings. The van der Waals surface area contributed by atoms with Gasteiger partial charge in [-0.2, -0.15) is 0 Å². The number of aliphatic hydroxyl groups excluding tert-OH is 1. The van der Waals surface area contributed by atoms with E-state index < -0.39 is 17.9 Å². The van der Waals surface area contributed by atoms with Crippen LogP contribution in [0.4, 0.5) is 0 Å². The molecule has 0 aromatic heterocycles. The van der Waals surface area contributed by atoms with Gasteiger partial charge in [0.05, 0.1) is 34.5 Å². The maximum atomic E-state index is 11.7. The van der Waals surface area contributed by atoms with Crippen molar-refractivity contribution < 1.29 is 82.6 Å². The van der Waals surface area contributed by atoms with E-state index in [0.717, 1.165) is 73.1 Å². The Bertz CT molecular complexity index is 1460. The molecule has 0 amide bonds. The van der Waals surface area contributed by atoms with Crippen LogP contribution in [-0.2, 0) is 36.8 Å². The van der Waals surface area contributed by atoms with Gasteiger partial charge in [0.2, 0.25) is 0 Å². The Morgan fingerprint density at radius 2 is 1.47 bits per heavy atom. The molecule has 3 aliphatic heterocycles. The van der Waals surface area contributed by atoms with Gasteiger partial charge in [0.25, 0.3) is 0 Å². The van der Waals surface area contributed by atoms with Crippen LogP contribution in [0.15, 0.2) is 41.1 Å². The van der Waals surface area contributed by atoms with Crippen LogP contribution in [-0.4, -0.2) is 76.5 Å². The van der Waals surface area contributed by atoms with Gasteiger partial charge in [-0.05, 0) is 72.8 Å². The number of Topliss-reactive ketones (excluding diaryl/α,β-unsaturated/α-hetero) is 1. The molecule has 0 fully saturated rings. The van der Waals surface area contributed by atoms with E-state index in [-0.39, 0.29) is 78.4 Å². The summed E-state index contributed by atoms with van der Waals surface area (Å²) in [5.41, 5.74) is 4.81. The molecule has 0 aliphatic carbocycles. The van der Waals surface area contributed by atoms with Crippen molar-refractivity contribution >= 4 is 54.7 Å². The smallest absolute Gasteiger partial charge is 0.550 e. The summed E-state index contributed by atoms with van der Waals surface area (Å²) in [7, 11) is 6.57. The fourth-order valence-electron chi connectivity index (χ4n) is 4.66. The molecular formula is C33H43Cl2N2NaO11. The number of aliphatic carboxylic acids is 1. The Morgan fingerprint density at radius 1 is 0.939 bits per heavy atom. The summed E-state index contributed by atoms with van der Waals surface area (Å²) >= 11 is 0. The van der Waals surface area contributed by atoms with Gasteiger partial charge in [0.15, 0.2) is 23.0 Å². The van der Waals surface area contributed by atoms with E-state index in [1.165, 1.54) is 11.1 Å². The topological polar surface area (TPSA) is 182 Å². The average Bonchev–Trinajstić information content (AvgIpc) is 3.03. The summed E-state index contributed by atoms with van der Waals surface area (Å²) in [6.45, 7) is 4.63. The second-order valence-corrected chi connectivity index (χ2v) is 10.0. The number of fused-ring (bicyclic) bond motifs is 2. The Hall–Kier alpha value is -3.33. The second kappa shape index (κ2) is 24.7. The fraction of sp³-hybridized carbons (Fsp3) is 0.424. The minimum absolute atomic E-state index is 0. The van der Waals surface area contributed by atoms with Gasteiger partial charge < -0.3 is 44.0 Å². The summed E-state index contributed by atoms with van der Waals surface area (Å²) in [5, 5.41) is 20.9. The predicted octanol–water partition coefficient (Wildman–Crippen LogP) is 0.444. The summed E-state index contributed by atoms with van der Waals surface area (Å²) in [5.74, 6) is 0.476. The molecule has 2 aromatic carbocycles. The van der Waals surface area contributed by atoms with Crippen LogP contribution in [0.2, 0.25) is 0 Å². The monoisotopic (exact) mass is 736 g/mol. The number of carbonyl (C=O) groups is 4.